The summed E-state index contributed by atoms with van der Waals surface area (Å²) in [5.41, 5.74) is 0. The van der Waals surface area contributed by atoms with Crippen LogP contribution in [0.15, 0.2) is 0 Å². The largest absolute Gasteiger partial charge is 3.00 e. The summed E-state index contributed by atoms with van der Waals surface area (Å²) in [5, 5.41) is 0. The van der Waals surface area contributed by atoms with E-state index in [0.29, 0.717) is 0 Å². The first-order valence-electron chi connectivity index (χ1n) is 0. The van der Waals surface area contributed by atoms with Crippen LogP contribution in [0, 0.1) is 81.7 Å². The summed E-state index contributed by atoms with van der Waals surface area (Å²) in [6.45, 7) is 0. The summed E-state index contributed by atoms with van der Waals surface area (Å²) < 4.78 is 0. The van der Waals surface area contributed by atoms with Crippen LogP contribution < -0.4 is 0 Å². The van der Waals surface area contributed by atoms with E-state index in [1.807, 2.05) is 0 Å². The predicted octanol–water partition coefficient (Wildman–Crippen LogP) is -0.599. The standard InChI is InChI=1S/2Co.2Nd.5O/q2*+2;2*+3;5*-2. The van der Waals surface area contributed by atoms with Crippen LogP contribution in [0.5, 0.6) is 0 Å². The minimum atomic E-state index is 0. The van der Waals surface area contributed by atoms with Gasteiger partial charge in [-0.1, -0.05) is 0 Å². The maximum atomic E-state index is 0. The Balaban J connectivity index is 0. The van der Waals surface area contributed by atoms with Crippen molar-refractivity contribution < 1.29 is 143 Å². The summed E-state index contributed by atoms with van der Waals surface area (Å²) in [4.78, 5) is 0. The Bertz CT molecular complexity index is 12.9. The van der Waals surface area contributed by atoms with Gasteiger partial charge in [-0.2, -0.15) is 0 Å². The molecule has 56 valence electrons. The molecule has 4 radical (unpaired) electrons. The van der Waals surface area contributed by atoms with E-state index >= 15 is 0 Å². The summed E-state index contributed by atoms with van der Waals surface area (Å²) in [5.74, 6) is 0. The van der Waals surface area contributed by atoms with E-state index in [4.69, 9.17) is 0 Å². The Morgan fingerprint density at radius 1 is 0.333 bits per heavy atom. The first-order chi connectivity index (χ1) is 0. The number of rotatable bonds is 0. The van der Waals surface area contributed by atoms with Gasteiger partial charge in [0, 0.05) is 0 Å². The van der Waals surface area contributed by atoms with Gasteiger partial charge in [0.25, 0.3) is 0 Å². The van der Waals surface area contributed by atoms with Crippen molar-refractivity contribution in [1.29, 1.82) is 0 Å². The van der Waals surface area contributed by atoms with E-state index in [1.54, 1.807) is 0 Å². The quantitative estimate of drug-likeness (QED) is 0.431. The summed E-state index contributed by atoms with van der Waals surface area (Å²) >= 11 is 0. The van der Waals surface area contributed by atoms with E-state index in [0.717, 1.165) is 0 Å². The van der Waals surface area contributed by atoms with Crippen LogP contribution in [-0.2, 0) is 60.9 Å². The molecule has 5 nitrogen and oxygen atoms in total. The van der Waals surface area contributed by atoms with Crippen LogP contribution in [-0.4, -0.2) is 0 Å². The first-order valence-corrected chi connectivity index (χ1v) is 0. The smallest absolute Gasteiger partial charge is 2.00 e. The molecule has 0 heterocycles. The van der Waals surface area contributed by atoms with Crippen LogP contribution in [0.1, 0.15) is 0 Å². The Labute approximate surface area is 139 Å². The SMILES string of the molecule is [Co+2].[Co+2].[Nd+3].[Nd+3].[O-2].[O-2].[O-2].[O-2].[O-2]. The molecule has 0 atom stereocenters. The predicted molar refractivity (Wildman–Crippen MR) is 3.43 cm³/mol. The summed E-state index contributed by atoms with van der Waals surface area (Å²) in [6, 6.07) is 0. The maximum absolute atomic E-state index is 0. The van der Waals surface area contributed by atoms with E-state index in [9.17, 15) is 0 Å². The molecule has 0 spiro atoms. The Kier molecular flexibility index (Phi) is 1540. The molecule has 0 saturated carbocycles. The molecular formula is Co2Nd2O5. The Hall–Kier alpha value is 3.51. The third kappa shape index (κ3) is 84.4. The zero-order valence-corrected chi connectivity index (χ0v) is 12.2. The molecule has 9 heavy (non-hydrogen) atoms. The average molecular weight is 486 g/mol. The molecule has 0 unspecified atom stereocenters. The van der Waals surface area contributed by atoms with Crippen molar-refractivity contribution in [2.45, 2.75) is 0 Å². The molecule has 0 aliphatic rings. The van der Waals surface area contributed by atoms with Crippen molar-refractivity contribution in [2.75, 3.05) is 0 Å². The first kappa shape index (κ1) is 134. The summed E-state index contributed by atoms with van der Waals surface area (Å²) in [6.07, 6.45) is 0. The zero-order chi connectivity index (χ0) is 0. The fourth-order valence-electron chi connectivity index (χ4n) is 0. The van der Waals surface area contributed by atoms with Crippen molar-refractivity contribution in [3.63, 3.8) is 0 Å². The fraction of sp³-hybridized carbons (Fsp3) is 0. The molecule has 0 aromatic heterocycles. The molecule has 0 N–H and O–H groups in total. The Morgan fingerprint density at radius 3 is 0.333 bits per heavy atom. The normalized spacial score (nSPS) is 0. The van der Waals surface area contributed by atoms with E-state index in [1.165, 1.54) is 0 Å². The second-order valence-electron chi connectivity index (χ2n) is 0. The second kappa shape index (κ2) is 103. The second-order valence-corrected chi connectivity index (χ2v) is 0. The van der Waals surface area contributed by atoms with Crippen molar-refractivity contribution in [1.82, 2.24) is 0 Å². The molecule has 0 aliphatic carbocycles. The van der Waals surface area contributed by atoms with Gasteiger partial charge in [-0.25, -0.2) is 0 Å². The maximum Gasteiger partial charge on any atom is 3.00 e. The van der Waals surface area contributed by atoms with E-state index < -0.39 is 0 Å². The molecule has 9 heteroatoms. The summed E-state index contributed by atoms with van der Waals surface area (Å²) in [7, 11) is 0. The van der Waals surface area contributed by atoms with Crippen LogP contribution in [0.2, 0.25) is 0 Å². The van der Waals surface area contributed by atoms with Gasteiger partial charge in [0.2, 0.25) is 0 Å². The third-order valence-corrected chi connectivity index (χ3v) is 0. The van der Waals surface area contributed by atoms with Crippen LogP contribution in [0.4, 0.5) is 0 Å². The van der Waals surface area contributed by atoms with Gasteiger partial charge < -0.3 is 27.4 Å². The van der Waals surface area contributed by atoms with Crippen molar-refractivity contribution in [3.8, 4) is 0 Å². The average Bonchev–Trinajstić information content (AvgIpc) is 0. The minimum absolute atomic E-state index is 0. The van der Waals surface area contributed by atoms with Crippen molar-refractivity contribution >= 4 is 0 Å². The molecule has 0 aliphatic heterocycles. The van der Waals surface area contributed by atoms with Gasteiger partial charge in [-0.15, -0.1) is 0 Å². The molecule has 0 saturated heterocycles. The molecule has 0 rings (SSSR count). The van der Waals surface area contributed by atoms with Crippen LogP contribution >= 0.6 is 0 Å². The topological polar surface area (TPSA) is 142 Å². The zero-order valence-electron chi connectivity index (χ0n) is 3.71. The number of hydrogen-bond donors (Lipinski definition) is 0. The third-order valence-electron chi connectivity index (χ3n) is 0. The van der Waals surface area contributed by atoms with Gasteiger partial charge in [0.1, 0.15) is 0 Å². The van der Waals surface area contributed by atoms with Gasteiger partial charge in [-0.3, -0.25) is 0 Å². The van der Waals surface area contributed by atoms with Crippen molar-refractivity contribution in [3.05, 3.63) is 0 Å². The van der Waals surface area contributed by atoms with Gasteiger partial charge in [-0.05, 0) is 0 Å². The molecule has 0 aromatic carbocycles. The fourth-order valence-corrected chi connectivity index (χ4v) is 0. The minimum Gasteiger partial charge on any atom is -2.00 e. The Morgan fingerprint density at radius 2 is 0.333 bits per heavy atom. The molecule has 0 fully saturated rings. The monoisotopic (exact) mass is 482 g/mol. The van der Waals surface area contributed by atoms with Crippen LogP contribution in [0.25, 0.3) is 0 Å². The van der Waals surface area contributed by atoms with Crippen molar-refractivity contribution in [2.24, 2.45) is 0 Å². The van der Waals surface area contributed by atoms with Gasteiger partial charge in [0.05, 0.1) is 0 Å². The van der Waals surface area contributed by atoms with E-state index in [2.05, 4.69) is 0 Å². The van der Waals surface area contributed by atoms with Crippen LogP contribution in [0.3, 0.4) is 0 Å². The molecule has 0 bridgehead atoms. The number of hydrogen-bond acceptors (Lipinski definition) is 0. The van der Waals surface area contributed by atoms with Gasteiger partial charge in [0.15, 0.2) is 0 Å². The molecular weight excluding hydrogens is 486 g/mol. The molecule has 0 amide bonds. The van der Waals surface area contributed by atoms with Gasteiger partial charge >= 0.3 is 115 Å². The molecule has 0 aromatic rings. The van der Waals surface area contributed by atoms with E-state index in [-0.39, 0.29) is 143 Å².